The summed E-state index contributed by atoms with van der Waals surface area (Å²) in [6.07, 6.45) is 2.17. The second kappa shape index (κ2) is 13.5. The molecule has 0 aromatic heterocycles. The predicted molar refractivity (Wildman–Crippen MR) is 137 cm³/mol. The van der Waals surface area contributed by atoms with E-state index in [9.17, 15) is 14.4 Å². The summed E-state index contributed by atoms with van der Waals surface area (Å²) >= 11 is 0. The van der Waals surface area contributed by atoms with E-state index in [2.05, 4.69) is 25.2 Å². The quantitative estimate of drug-likeness (QED) is 0.675. The number of benzene rings is 2. The summed E-state index contributed by atoms with van der Waals surface area (Å²) in [6, 6.07) is 15.0. The minimum Gasteiger partial charge on any atom is -0.344 e. The highest BCUT2D eigenvalue weighted by Gasteiger charge is 2.30. The lowest BCUT2D eigenvalue weighted by atomic mass is 9.96. The van der Waals surface area contributed by atoms with E-state index in [0.29, 0.717) is 32.6 Å². The van der Waals surface area contributed by atoms with Crippen LogP contribution in [-0.4, -0.2) is 59.7 Å². The third-order valence-electron chi connectivity index (χ3n) is 6.07. The maximum absolute atomic E-state index is 13.2. The van der Waals surface area contributed by atoms with E-state index in [1.807, 2.05) is 61.2 Å². The number of nitrogens with one attached hydrogen (secondary N) is 1. The van der Waals surface area contributed by atoms with Crippen molar-refractivity contribution >= 4 is 17.7 Å². The van der Waals surface area contributed by atoms with Crippen LogP contribution in [0.15, 0.2) is 48.5 Å². The molecule has 6 heteroatoms. The normalized spacial score (nSPS) is 14.0. The van der Waals surface area contributed by atoms with Gasteiger partial charge < -0.3 is 15.1 Å². The molecule has 6 nitrogen and oxygen atoms in total. The molecule has 1 saturated heterocycles. The van der Waals surface area contributed by atoms with E-state index in [1.54, 1.807) is 4.90 Å². The van der Waals surface area contributed by atoms with Gasteiger partial charge in [-0.2, -0.15) is 0 Å². The van der Waals surface area contributed by atoms with Crippen molar-refractivity contribution in [2.45, 2.75) is 59.9 Å². The Balaban J connectivity index is 0.00000199. The number of carbonyl (C=O) groups excluding carboxylic acids is 3. The van der Waals surface area contributed by atoms with Gasteiger partial charge in [-0.25, -0.2) is 0 Å². The average molecular weight is 466 g/mol. The van der Waals surface area contributed by atoms with Gasteiger partial charge in [0.05, 0.1) is 0 Å². The first-order valence-corrected chi connectivity index (χ1v) is 12.4. The summed E-state index contributed by atoms with van der Waals surface area (Å²) in [4.78, 5) is 41.7. The lowest BCUT2D eigenvalue weighted by Gasteiger charge is -2.37. The van der Waals surface area contributed by atoms with Crippen molar-refractivity contribution in [1.29, 1.82) is 0 Å². The zero-order valence-corrected chi connectivity index (χ0v) is 21.3. The SMILES string of the molecule is CC.CCc1cccc(C(=O)N2CCN(C(=O)C(Cc3ccccc3)NC(C)=O)CC2)c1CC. The van der Waals surface area contributed by atoms with Crippen molar-refractivity contribution in [1.82, 2.24) is 15.1 Å². The van der Waals surface area contributed by atoms with Gasteiger partial charge in [-0.1, -0.05) is 70.2 Å². The van der Waals surface area contributed by atoms with E-state index in [1.165, 1.54) is 12.5 Å². The molecule has 1 atom stereocenters. The summed E-state index contributed by atoms with van der Waals surface area (Å²) in [5.41, 5.74) is 4.10. The lowest BCUT2D eigenvalue weighted by molar-refractivity contribution is -0.137. The van der Waals surface area contributed by atoms with Crippen molar-refractivity contribution in [3.8, 4) is 0 Å². The molecule has 0 spiro atoms. The Morgan fingerprint density at radius 2 is 1.47 bits per heavy atom. The molecule has 0 radical (unpaired) electrons. The standard InChI is InChI=1S/C26H33N3O3.C2H6/c1-4-21-12-9-13-23(22(21)5-2)25(31)28-14-16-29(17-15-28)26(32)24(27-19(3)30)18-20-10-7-6-8-11-20;1-2/h6-13,24H,4-5,14-18H2,1-3H3,(H,27,30);1-2H3. The number of aryl methyl sites for hydroxylation is 1. The molecule has 1 unspecified atom stereocenters. The summed E-state index contributed by atoms with van der Waals surface area (Å²) in [6.45, 7) is 11.5. The van der Waals surface area contributed by atoms with Gasteiger partial charge in [0.2, 0.25) is 11.8 Å². The molecule has 1 aliphatic heterocycles. The molecule has 184 valence electrons. The second-order valence-electron chi connectivity index (χ2n) is 8.21. The minimum absolute atomic E-state index is 0.0342. The monoisotopic (exact) mass is 465 g/mol. The highest BCUT2D eigenvalue weighted by Crippen LogP contribution is 2.20. The molecule has 3 rings (SSSR count). The Bertz CT molecular complexity index is 951. The van der Waals surface area contributed by atoms with Crippen LogP contribution in [0.25, 0.3) is 0 Å². The Hall–Kier alpha value is -3.15. The molecular formula is C28H39N3O3. The Morgan fingerprint density at radius 1 is 0.853 bits per heavy atom. The van der Waals surface area contributed by atoms with Crippen LogP contribution in [-0.2, 0) is 28.9 Å². The van der Waals surface area contributed by atoms with Crippen molar-refractivity contribution in [2.75, 3.05) is 26.2 Å². The molecular weight excluding hydrogens is 426 g/mol. The first kappa shape index (κ1) is 27.1. The van der Waals surface area contributed by atoms with E-state index < -0.39 is 6.04 Å². The maximum Gasteiger partial charge on any atom is 0.254 e. The number of hydrogen-bond acceptors (Lipinski definition) is 3. The molecule has 34 heavy (non-hydrogen) atoms. The number of carbonyl (C=O) groups is 3. The van der Waals surface area contributed by atoms with Crippen LogP contribution < -0.4 is 5.32 Å². The number of rotatable bonds is 7. The molecule has 0 bridgehead atoms. The van der Waals surface area contributed by atoms with Gasteiger partial charge in [0, 0.05) is 45.1 Å². The Kier molecular flexibility index (Phi) is 10.8. The highest BCUT2D eigenvalue weighted by atomic mass is 16.2. The van der Waals surface area contributed by atoms with Crippen LogP contribution in [0.1, 0.15) is 61.7 Å². The summed E-state index contributed by atoms with van der Waals surface area (Å²) in [5.74, 6) is -0.290. The number of piperazine rings is 1. The smallest absolute Gasteiger partial charge is 0.254 e. The molecule has 0 aliphatic carbocycles. The van der Waals surface area contributed by atoms with Crippen molar-refractivity contribution in [2.24, 2.45) is 0 Å². The number of amides is 3. The third kappa shape index (κ3) is 6.92. The first-order chi connectivity index (χ1) is 16.4. The molecule has 3 amide bonds. The van der Waals surface area contributed by atoms with Crippen LogP contribution in [0.2, 0.25) is 0 Å². The fraction of sp³-hybridized carbons (Fsp3) is 0.464. The second-order valence-corrected chi connectivity index (χ2v) is 8.21. The van der Waals surface area contributed by atoms with E-state index >= 15 is 0 Å². The van der Waals surface area contributed by atoms with Gasteiger partial charge in [-0.3, -0.25) is 14.4 Å². The topological polar surface area (TPSA) is 69.7 Å². The van der Waals surface area contributed by atoms with Crippen molar-refractivity contribution in [3.63, 3.8) is 0 Å². The molecule has 1 heterocycles. The van der Waals surface area contributed by atoms with Gasteiger partial charge in [0.1, 0.15) is 6.04 Å². The van der Waals surface area contributed by atoms with E-state index in [-0.39, 0.29) is 17.7 Å². The van der Waals surface area contributed by atoms with E-state index in [4.69, 9.17) is 0 Å². The fourth-order valence-corrected chi connectivity index (χ4v) is 4.40. The van der Waals surface area contributed by atoms with Crippen molar-refractivity contribution < 1.29 is 14.4 Å². The number of hydrogen-bond donors (Lipinski definition) is 1. The molecule has 0 saturated carbocycles. The first-order valence-electron chi connectivity index (χ1n) is 12.4. The average Bonchev–Trinajstić information content (AvgIpc) is 2.88. The van der Waals surface area contributed by atoms with Crippen LogP contribution in [0.3, 0.4) is 0 Å². The van der Waals surface area contributed by atoms with Crippen LogP contribution in [0.5, 0.6) is 0 Å². The third-order valence-corrected chi connectivity index (χ3v) is 6.07. The largest absolute Gasteiger partial charge is 0.344 e. The Morgan fingerprint density at radius 3 is 2.03 bits per heavy atom. The molecule has 2 aromatic rings. The van der Waals surface area contributed by atoms with Crippen molar-refractivity contribution in [3.05, 3.63) is 70.8 Å². The van der Waals surface area contributed by atoms with Gasteiger partial charge in [0.25, 0.3) is 5.91 Å². The minimum atomic E-state index is -0.606. The van der Waals surface area contributed by atoms with Crippen LogP contribution in [0, 0.1) is 0 Å². The predicted octanol–water partition coefficient (Wildman–Crippen LogP) is 3.87. The highest BCUT2D eigenvalue weighted by molar-refractivity contribution is 5.96. The van der Waals surface area contributed by atoms with Gasteiger partial charge in [0.15, 0.2) is 0 Å². The zero-order valence-electron chi connectivity index (χ0n) is 21.3. The number of nitrogens with zero attached hydrogens (tertiary/aromatic N) is 2. The lowest BCUT2D eigenvalue weighted by Crippen LogP contribution is -2.56. The summed E-state index contributed by atoms with van der Waals surface area (Å²) in [7, 11) is 0. The van der Waals surface area contributed by atoms with E-state index in [0.717, 1.165) is 29.5 Å². The molecule has 1 N–H and O–H groups in total. The van der Waals surface area contributed by atoms with Gasteiger partial charge >= 0.3 is 0 Å². The summed E-state index contributed by atoms with van der Waals surface area (Å²) < 4.78 is 0. The summed E-state index contributed by atoms with van der Waals surface area (Å²) in [5, 5.41) is 2.80. The molecule has 1 aliphatic rings. The van der Waals surface area contributed by atoms with Gasteiger partial charge in [-0.15, -0.1) is 0 Å². The fourth-order valence-electron chi connectivity index (χ4n) is 4.40. The van der Waals surface area contributed by atoms with Crippen LogP contribution >= 0.6 is 0 Å². The molecule has 2 aromatic carbocycles. The van der Waals surface area contributed by atoms with Gasteiger partial charge in [-0.05, 0) is 35.6 Å². The maximum atomic E-state index is 13.2. The van der Waals surface area contributed by atoms with Crippen LogP contribution in [0.4, 0.5) is 0 Å². The molecule has 1 fully saturated rings. The zero-order chi connectivity index (χ0) is 25.1. The Labute approximate surface area is 204 Å².